The topological polar surface area (TPSA) is 75.8 Å². The van der Waals surface area contributed by atoms with Gasteiger partial charge in [-0.3, -0.25) is 4.79 Å². The van der Waals surface area contributed by atoms with Crippen LogP contribution < -0.4 is 10.5 Å². The van der Waals surface area contributed by atoms with Crippen LogP contribution >= 0.6 is 0 Å². The minimum Gasteiger partial charge on any atom is -0.507 e. The normalized spacial score (nSPS) is 21.9. The molecule has 0 heterocycles. The van der Waals surface area contributed by atoms with E-state index in [1.54, 1.807) is 24.1 Å². The maximum Gasteiger partial charge on any atom is 0.257 e. The molecular formula is C16H24N2O3. The predicted molar refractivity (Wildman–Crippen MR) is 81.6 cm³/mol. The number of ether oxygens (including phenoxy) is 1. The SMILES string of the molecule is COc1ccc(O)c(C(=O)N(C)C2CCCCC2CN)c1. The molecule has 2 unspecified atom stereocenters. The third-order valence-corrected chi connectivity index (χ3v) is 4.42. The molecular weight excluding hydrogens is 268 g/mol. The molecule has 0 radical (unpaired) electrons. The standard InChI is InChI=1S/C16H24N2O3/c1-18(14-6-4-3-5-11(14)10-17)16(20)13-9-12(21-2)7-8-15(13)19/h7-9,11,14,19H,3-6,10,17H2,1-2H3. The highest BCUT2D eigenvalue weighted by molar-refractivity contribution is 5.97. The van der Waals surface area contributed by atoms with Crippen LogP contribution in [0.15, 0.2) is 18.2 Å². The first-order valence-corrected chi connectivity index (χ1v) is 7.42. The highest BCUT2D eigenvalue weighted by Crippen LogP contribution is 2.30. The molecule has 1 aliphatic rings. The lowest BCUT2D eigenvalue weighted by Gasteiger charge is -2.37. The van der Waals surface area contributed by atoms with Crippen molar-refractivity contribution in [3.05, 3.63) is 23.8 Å². The zero-order valence-corrected chi connectivity index (χ0v) is 12.7. The molecule has 0 bridgehead atoms. The van der Waals surface area contributed by atoms with Crippen LogP contribution in [0.3, 0.4) is 0 Å². The summed E-state index contributed by atoms with van der Waals surface area (Å²) in [6.45, 7) is 0.590. The summed E-state index contributed by atoms with van der Waals surface area (Å²) in [5.41, 5.74) is 6.11. The molecule has 1 fully saturated rings. The number of hydrogen-bond donors (Lipinski definition) is 2. The molecule has 5 heteroatoms. The number of methoxy groups -OCH3 is 1. The van der Waals surface area contributed by atoms with Gasteiger partial charge in [-0.2, -0.15) is 0 Å². The third-order valence-electron chi connectivity index (χ3n) is 4.42. The number of aromatic hydroxyl groups is 1. The fourth-order valence-electron chi connectivity index (χ4n) is 3.13. The van der Waals surface area contributed by atoms with Gasteiger partial charge < -0.3 is 20.5 Å². The quantitative estimate of drug-likeness (QED) is 0.890. The average molecular weight is 292 g/mol. The molecule has 21 heavy (non-hydrogen) atoms. The molecule has 2 atom stereocenters. The molecule has 5 nitrogen and oxygen atoms in total. The molecule has 0 aliphatic heterocycles. The number of benzene rings is 1. The first-order chi connectivity index (χ1) is 10.1. The van der Waals surface area contributed by atoms with Crippen LogP contribution in [0.5, 0.6) is 11.5 Å². The van der Waals surface area contributed by atoms with Gasteiger partial charge in [0.05, 0.1) is 12.7 Å². The Balaban J connectivity index is 2.22. The van der Waals surface area contributed by atoms with Gasteiger partial charge in [-0.1, -0.05) is 12.8 Å². The van der Waals surface area contributed by atoms with E-state index in [2.05, 4.69) is 0 Å². The lowest BCUT2D eigenvalue weighted by Crippen LogP contribution is -2.45. The molecule has 0 spiro atoms. The van der Waals surface area contributed by atoms with Crippen LogP contribution in [0.1, 0.15) is 36.0 Å². The Morgan fingerprint density at radius 2 is 2.14 bits per heavy atom. The number of amides is 1. The number of nitrogens with zero attached hydrogens (tertiary/aromatic N) is 1. The van der Waals surface area contributed by atoms with Crippen molar-refractivity contribution in [2.75, 3.05) is 20.7 Å². The van der Waals surface area contributed by atoms with E-state index < -0.39 is 0 Å². The predicted octanol–water partition coefficient (Wildman–Crippen LogP) is 1.99. The van der Waals surface area contributed by atoms with E-state index >= 15 is 0 Å². The summed E-state index contributed by atoms with van der Waals surface area (Å²) in [6, 6.07) is 4.84. The number of phenolic OH excluding ortho intramolecular Hbond substituents is 1. The van der Waals surface area contributed by atoms with Crippen molar-refractivity contribution < 1.29 is 14.6 Å². The maximum atomic E-state index is 12.7. The largest absolute Gasteiger partial charge is 0.507 e. The van der Waals surface area contributed by atoms with Crippen molar-refractivity contribution in [2.45, 2.75) is 31.7 Å². The number of hydrogen-bond acceptors (Lipinski definition) is 4. The lowest BCUT2D eigenvalue weighted by atomic mass is 9.83. The number of nitrogens with two attached hydrogens (primary N) is 1. The first kappa shape index (κ1) is 15.6. The maximum absolute atomic E-state index is 12.7. The van der Waals surface area contributed by atoms with E-state index in [1.165, 1.54) is 19.6 Å². The van der Waals surface area contributed by atoms with Gasteiger partial charge in [0.25, 0.3) is 5.91 Å². The Labute approximate surface area is 125 Å². The van der Waals surface area contributed by atoms with Crippen LogP contribution in [0, 0.1) is 5.92 Å². The van der Waals surface area contributed by atoms with Gasteiger partial charge in [-0.25, -0.2) is 0 Å². The summed E-state index contributed by atoms with van der Waals surface area (Å²) in [5.74, 6) is 0.688. The highest BCUT2D eigenvalue weighted by atomic mass is 16.5. The molecule has 1 saturated carbocycles. The van der Waals surface area contributed by atoms with Gasteiger partial charge in [0.2, 0.25) is 0 Å². The van der Waals surface area contributed by atoms with Crippen molar-refractivity contribution in [1.29, 1.82) is 0 Å². The smallest absolute Gasteiger partial charge is 0.257 e. The van der Waals surface area contributed by atoms with Crippen LogP contribution in [0.4, 0.5) is 0 Å². The minimum absolute atomic E-state index is 0.0206. The van der Waals surface area contributed by atoms with E-state index in [9.17, 15) is 9.90 Å². The second kappa shape index (κ2) is 6.80. The molecule has 1 amide bonds. The summed E-state index contributed by atoms with van der Waals surface area (Å²) in [4.78, 5) is 14.4. The first-order valence-electron chi connectivity index (χ1n) is 7.42. The van der Waals surface area contributed by atoms with Gasteiger partial charge in [-0.05, 0) is 43.5 Å². The zero-order chi connectivity index (χ0) is 15.4. The van der Waals surface area contributed by atoms with Crippen molar-refractivity contribution in [3.63, 3.8) is 0 Å². The summed E-state index contributed by atoms with van der Waals surface area (Å²) in [5, 5.41) is 9.94. The van der Waals surface area contributed by atoms with Crippen LogP contribution in [0.25, 0.3) is 0 Å². The van der Waals surface area contributed by atoms with E-state index in [0.717, 1.165) is 19.3 Å². The van der Waals surface area contributed by atoms with Gasteiger partial charge in [0, 0.05) is 13.1 Å². The van der Waals surface area contributed by atoms with Gasteiger partial charge in [0.1, 0.15) is 11.5 Å². The molecule has 1 aromatic carbocycles. The summed E-state index contributed by atoms with van der Waals surface area (Å²) in [7, 11) is 3.33. The summed E-state index contributed by atoms with van der Waals surface area (Å²) in [6.07, 6.45) is 4.31. The Hall–Kier alpha value is -1.75. The Bertz CT molecular complexity index is 504. The third kappa shape index (κ3) is 3.29. The van der Waals surface area contributed by atoms with Crippen molar-refractivity contribution in [2.24, 2.45) is 11.7 Å². The lowest BCUT2D eigenvalue weighted by molar-refractivity contribution is 0.0617. The van der Waals surface area contributed by atoms with E-state index in [1.807, 2.05) is 0 Å². The fourth-order valence-corrected chi connectivity index (χ4v) is 3.13. The molecule has 1 aromatic rings. The second-order valence-electron chi connectivity index (χ2n) is 5.65. The second-order valence-corrected chi connectivity index (χ2v) is 5.65. The molecule has 1 aliphatic carbocycles. The molecule has 0 aromatic heterocycles. The van der Waals surface area contributed by atoms with Crippen LogP contribution in [0.2, 0.25) is 0 Å². The van der Waals surface area contributed by atoms with Gasteiger partial charge in [-0.15, -0.1) is 0 Å². The Kier molecular flexibility index (Phi) is 5.07. The Morgan fingerprint density at radius 3 is 2.81 bits per heavy atom. The summed E-state index contributed by atoms with van der Waals surface area (Å²) < 4.78 is 5.13. The number of carbonyl (C=O) groups excluding carboxylic acids is 1. The Morgan fingerprint density at radius 1 is 1.43 bits per heavy atom. The minimum atomic E-state index is -0.184. The highest BCUT2D eigenvalue weighted by Gasteiger charge is 2.31. The van der Waals surface area contributed by atoms with Gasteiger partial charge >= 0.3 is 0 Å². The van der Waals surface area contributed by atoms with Crippen LogP contribution in [-0.4, -0.2) is 42.7 Å². The van der Waals surface area contributed by atoms with Crippen molar-refractivity contribution in [1.82, 2.24) is 4.90 Å². The average Bonchev–Trinajstić information content (AvgIpc) is 2.54. The number of rotatable bonds is 4. The van der Waals surface area contributed by atoms with E-state index in [-0.39, 0.29) is 23.3 Å². The molecule has 116 valence electrons. The zero-order valence-electron chi connectivity index (χ0n) is 12.7. The molecule has 0 saturated heterocycles. The van der Waals surface area contributed by atoms with Crippen LogP contribution in [-0.2, 0) is 0 Å². The summed E-state index contributed by atoms with van der Waals surface area (Å²) >= 11 is 0. The van der Waals surface area contributed by atoms with Crippen molar-refractivity contribution in [3.8, 4) is 11.5 Å². The van der Waals surface area contributed by atoms with Crippen molar-refractivity contribution >= 4 is 5.91 Å². The number of phenols is 1. The van der Waals surface area contributed by atoms with Gasteiger partial charge in [0.15, 0.2) is 0 Å². The van der Waals surface area contributed by atoms with E-state index in [0.29, 0.717) is 18.2 Å². The monoisotopic (exact) mass is 292 g/mol. The molecule has 3 N–H and O–H groups in total. The fraction of sp³-hybridized carbons (Fsp3) is 0.562. The molecule has 2 rings (SSSR count). The van der Waals surface area contributed by atoms with E-state index in [4.69, 9.17) is 10.5 Å². The number of carbonyl (C=O) groups is 1.